The number of aliphatic imine (C=N–C) groups is 1. The molecular weight excluding hydrogens is 288 g/mol. The Balaban J connectivity index is 2.64. The summed E-state index contributed by atoms with van der Waals surface area (Å²) in [5.41, 5.74) is 2.14. The first-order valence-electron chi connectivity index (χ1n) is 8.82. The highest BCUT2D eigenvalue weighted by Crippen LogP contribution is 2.23. The highest BCUT2D eigenvalue weighted by molar-refractivity contribution is 5.80. The molecule has 2 unspecified atom stereocenters. The second-order valence-corrected chi connectivity index (χ2v) is 6.88. The molecule has 0 aliphatic carbocycles. The number of hydrogen-bond acceptors (Lipinski definition) is 3. The lowest BCUT2D eigenvalue weighted by molar-refractivity contribution is 0.391. The molecule has 0 radical (unpaired) electrons. The Morgan fingerprint density at radius 3 is 2.39 bits per heavy atom. The van der Waals surface area contributed by atoms with Gasteiger partial charge in [-0.1, -0.05) is 25.9 Å². The monoisotopic (exact) mass is 322 g/mol. The van der Waals surface area contributed by atoms with E-state index < -0.39 is 0 Å². The number of aryl methyl sites for hydroxylation is 2. The largest absolute Gasteiger partial charge is 0.361 e. The lowest BCUT2D eigenvalue weighted by Gasteiger charge is -2.19. The van der Waals surface area contributed by atoms with Crippen LogP contribution in [-0.4, -0.2) is 30.2 Å². The van der Waals surface area contributed by atoms with Crippen molar-refractivity contribution in [1.82, 2.24) is 15.8 Å². The number of hydrogen-bond donors (Lipinski definition) is 2. The van der Waals surface area contributed by atoms with Crippen LogP contribution in [0.3, 0.4) is 0 Å². The van der Waals surface area contributed by atoms with Gasteiger partial charge in [-0.15, -0.1) is 0 Å². The molecule has 0 fully saturated rings. The van der Waals surface area contributed by atoms with E-state index >= 15 is 0 Å². The van der Waals surface area contributed by atoms with Crippen LogP contribution in [0.15, 0.2) is 9.52 Å². The molecular formula is C18H34N4O. The van der Waals surface area contributed by atoms with Crippen LogP contribution >= 0.6 is 0 Å². The first kappa shape index (κ1) is 19.5. The summed E-state index contributed by atoms with van der Waals surface area (Å²) in [4.78, 5) is 4.74. The van der Waals surface area contributed by atoms with Gasteiger partial charge < -0.3 is 15.2 Å². The fourth-order valence-corrected chi connectivity index (χ4v) is 2.72. The van der Waals surface area contributed by atoms with Gasteiger partial charge in [0.1, 0.15) is 5.76 Å². The molecule has 1 rings (SSSR count). The zero-order valence-corrected chi connectivity index (χ0v) is 15.9. The molecule has 2 N–H and O–H groups in total. The van der Waals surface area contributed by atoms with Gasteiger partial charge in [-0.3, -0.25) is 4.99 Å². The van der Waals surface area contributed by atoms with Crippen molar-refractivity contribution in [2.45, 2.75) is 73.3 Å². The van der Waals surface area contributed by atoms with E-state index in [-0.39, 0.29) is 0 Å². The van der Waals surface area contributed by atoms with Gasteiger partial charge in [-0.2, -0.15) is 0 Å². The van der Waals surface area contributed by atoms with Gasteiger partial charge in [0, 0.05) is 30.6 Å². The van der Waals surface area contributed by atoms with Crippen molar-refractivity contribution in [2.75, 3.05) is 13.1 Å². The molecule has 0 amide bonds. The molecule has 0 aliphatic heterocycles. The molecule has 0 saturated heterocycles. The molecule has 1 aromatic heterocycles. The van der Waals surface area contributed by atoms with Crippen molar-refractivity contribution < 1.29 is 4.52 Å². The average molecular weight is 322 g/mol. The minimum atomic E-state index is 0.294. The van der Waals surface area contributed by atoms with Gasteiger partial charge in [0.15, 0.2) is 5.96 Å². The normalized spacial score (nSPS) is 14.9. The number of aromatic nitrogens is 1. The molecule has 0 saturated carbocycles. The van der Waals surface area contributed by atoms with Crippen LogP contribution in [0, 0.1) is 19.8 Å². The fourth-order valence-electron chi connectivity index (χ4n) is 2.72. The Morgan fingerprint density at radius 1 is 1.17 bits per heavy atom. The molecule has 0 aromatic carbocycles. The topological polar surface area (TPSA) is 62.5 Å². The predicted octanol–water partition coefficient (Wildman–Crippen LogP) is 3.77. The molecule has 1 heterocycles. The van der Waals surface area contributed by atoms with Gasteiger partial charge in [-0.05, 0) is 46.5 Å². The Morgan fingerprint density at radius 2 is 1.87 bits per heavy atom. The van der Waals surface area contributed by atoms with Gasteiger partial charge >= 0.3 is 0 Å². The van der Waals surface area contributed by atoms with Crippen LogP contribution in [-0.2, 0) is 0 Å². The van der Waals surface area contributed by atoms with Gasteiger partial charge in [-0.25, -0.2) is 0 Å². The Hall–Kier alpha value is -1.52. The van der Waals surface area contributed by atoms with E-state index in [1.807, 2.05) is 13.8 Å². The quantitative estimate of drug-likeness (QED) is 0.565. The number of nitrogens with one attached hydrogen (secondary N) is 2. The highest BCUT2D eigenvalue weighted by Gasteiger charge is 2.16. The van der Waals surface area contributed by atoms with Crippen molar-refractivity contribution in [1.29, 1.82) is 0 Å². The summed E-state index contributed by atoms with van der Waals surface area (Å²) in [5.74, 6) is 2.82. The lowest BCUT2D eigenvalue weighted by atomic mass is 10.00. The number of nitrogens with zero attached hydrogens (tertiary/aromatic N) is 2. The SMILES string of the molecule is CCNC(=NCC(C)c1c(C)noc1C)NC(C)CCC(C)C. The Bertz CT molecular complexity index is 474. The van der Waals surface area contributed by atoms with E-state index in [4.69, 9.17) is 9.52 Å². The average Bonchev–Trinajstić information content (AvgIpc) is 2.81. The van der Waals surface area contributed by atoms with Crippen LogP contribution in [0.25, 0.3) is 0 Å². The van der Waals surface area contributed by atoms with E-state index in [0.29, 0.717) is 12.0 Å². The van der Waals surface area contributed by atoms with Crippen molar-refractivity contribution in [3.05, 3.63) is 17.0 Å². The third kappa shape index (κ3) is 6.63. The first-order valence-corrected chi connectivity index (χ1v) is 8.82. The summed E-state index contributed by atoms with van der Waals surface area (Å²) in [6.07, 6.45) is 2.38. The van der Waals surface area contributed by atoms with Crippen molar-refractivity contribution >= 4 is 5.96 Å². The van der Waals surface area contributed by atoms with E-state index in [0.717, 1.165) is 42.8 Å². The van der Waals surface area contributed by atoms with E-state index in [1.165, 1.54) is 12.0 Å². The minimum absolute atomic E-state index is 0.294. The summed E-state index contributed by atoms with van der Waals surface area (Å²) in [6.45, 7) is 16.5. The standard InChI is InChI=1S/C18H34N4O/c1-8-19-18(21-14(5)10-9-12(2)3)20-11-13(4)17-15(6)22-23-16(17)7/h12-14H,8-11H2,1-7H3,(H2,19,20,21). The molecule has 0 bridgehead atoms. The van der Waals surface area contributed by atoms with Crippen molar-refractivity contribution in [2.24, 2.45) is 10.9 Å². The zero-order chi connectivity index (χ0) is 17.4. The third-order valence-corrected chi connectivity index (χ3v) is 4.01. The van der Waals surface area contributed by atoms with Crippen molar-refractivity contribution in [3.63, 3.8) is 0 Å². The first-order chi connectivity index (χ1) is 10.8. The van der Waals surface area contributed by atoms with Crippen LogP contribution in [0.2, 0.25) is 0 Å². The summed E-state index contributed by atoms with van der Waals surface area (Å²) in [7, 11) is 0. The maximum absolute atomic E-state index is 5.26. The molecule has 0 aliphatic rings. The third-order valence-electron chi connectivity index (χ3n) is 4.01. The second kappa shape index (κ2) is 9.58. The predicted molar refractivity (Wildman–Crippen MR) is 97.0 cm³/mol. The zero-order valence-electron chi connectivity index (χ0n) is 15.9. The van der Waals surface area contributed by atoms with E-state index in [9.17, 15) is 0 Å². The number of rotatable bonds is 8. The summed E-state index contributed by atoms with van der Waals surface area (Å²) in [5, 5.41) is 10.9. The highest BCUT2D eigenvalue weighted by atomic mass is 16.5. The Kier molecular flexibility index (Phi) is 8.13. The molecule has 2 atom stereocenters. The van der Waals surface area contributed by atoms with Gasteiger partial charge in [0.2, 0.25) is 0 Å². The van der Waals surface area contributed by atoms with Crippen LogP contribution in [0.1, 0.15) is 70.4 Å². The fraction of sp³-hybridized carbons (Fsp3) is 0.778. The molecule has 5 nitrogen and oxygen atoms in total. The molecule has 0 spiro atoms. The molecule has 132 valence electrons. The van der Waals surface area contributed by atoms with E-state index in [2.05, 4.69) is 50.4 Å². The maximum Gasteiger partial charge on any atom is 0.191 e. The summed E-state index contributed by atoms with van der Waals surface area (Å²) < 4.78 is 5.26. The minimum Gasteiger partial charge on any atom is -0.361 e. The van der Waals surface area contributed by atoms with Crippen LogP contribution in [0.5, 0.6) is 0 Å². The Labute approximate surface area is 141 Å². The maximum atomic E-state index is 5.26. The molecule has 5 heteroatoms. The molecule has 23 heavy (non-hydrogen) atoms. The van der Waals surface area contributed by atoms with E-state index in [1.54, 1.807) is 0 Å². The van der Waals surface area contributed by atoms with Crippen molar-refractivity contribution in [3.8, 4) is 0 Å². The van der Waals surface area contributed by atoms with Gasteiger partial charge in [0.25, 0.3) is 0 Å². The lowest BCUT2D eigenvalue weighted by Crippen LogP contribution is -2.42. The summed E-state index contributed by atoms with van der Waals surface area (Å²) >= 11 is 0. The van der Waals surface area contributed by atoms with Crippen LogP contribution in [0.4, 0.5) is 0 Å². The van der Waals surface area contributed by atoms with Crippen LogP contribution < -0.4 is 10.6 Å². The van der Waals surface area contributed by atoms with Gasteiger partial charge in [0.05, 0.1) is 5.69 Å². The summed E-state index contributed by atoms with van der Waals surface area (Å²) in [6, 6.07) is 0.421. The smallest absolute Gasteiger partial charge is 0.191 e. The molecule has 1 aromatic rings. The second-order valence-electron chi connectivity index (χ2n) is 6.88. The number of guanidine groups is 1.